The van der Waals surface area contributed by atoms with Crippen LogP contribution in [0.25, 0.3) is 0 Å². The smallest absolute Gasteiger partial charge is 0.0467 e. The molecule has 1 aliphatic rings. The van der Waals surface area contributed by atoms with Crippen molar-refractivity contribution in [2.24, 2.45) is 11.8 Å². The van der Waals surface area contributed by atoms with Crippen molar-refractivity contribution < 1.29 is 0 Å². The Hall–Kier alpha value is -0.720. The Balaban J connectivity index is 2.70. The van der Waals surface area contributed by atoms with Crippen molar-refractivity contribution >= 4 is 0 Å². The molecule has 0 aromatic rings. The van der Waals surface area contributed by atoms with Gasteiger partial charge in [0.25, 0.3) is 0 Å². The molecule has 80 valence electrons. The summed E-state index contributed by atoms with van der Waals surface area (Å²) in [4.78, 5) is 2.44. The van der Waals surface area contributed by atoms with Crippen LogP contribution in [0.4, 0.5) is 0 Å². The fourth-order valence-corrected chi connectivity index (χ4v) is 2.08. The molecule has 1 rings (SSSR count). The first kappa shape index (κ1) is 11.4. The van der Waals surface area contributed by atoms with Gasteiger partial charge in [0.2, 0.25) is 0 Å². The highest BCUT2D eigenvalue weighted by Gasteiger charge is 2.25. The molecule has 1 heteroatoms. The highest BCUT2D eigenvalue weighted by atomic mass is 15.2. The van der Waals surface area contributed by atoms with E-state index in [1.807, 2.05) is 0 Å². The van der Waals surface area contributed by atoms with Crippen LogP contribution < -0.4 is 0 Å². The Labute approximate surface area is 88.5 Å². The summed E-state index contributed by atoms with van der Waals surface area (Å²) in [5.74, 6) is 1.34. The number of piperidine rings is 1. The van der Waals surface area contributed by atoms with Gasteiger partial charge in [0.1, 0.15) is 0 Å². The zero-order valence-corrected chi connectivity index (χ0v) is 9.79. The molecule has 1 unspecified atom stereocenters. The lowest BCUT2D eigenvalue weighted by molar-refractivity contribution is 0.171. The average Bonchev–Trinajstić information content (AvgIpc) is 2.16. The summed E-state index contributed by atoms with van der Waals surface area (Å²) < 4.78 is 0. The number of nitrogens with zero attached hydrogens (tertiary/aromatic N) is 1. The van der Waals surface area contributed by atoms with Gasteiger partial charge in [-0.15, -0.1) is 6.58 Å². The lowest BCUT2D eigenvalue weighted by Crippen LogP contribution is -2.41. The summed E-state index contributed by atoms with van der Waals surface area (Å²) in [6, 6.07) is 0.515. The maximum absolute atomic E-state index is 4.19. The number of hydrogen-bond acceptors (Lipinski definition) is 1. The standard InChI is InChI=1S/C13H23N/c1-6-13-8-7-11(4)9-14(13)12(5)10(2)3/h6,10-11,13H,1,5,7-9H2,2-4H3/t11-,13?/m0/s1. The largest absolute Gasteiger partial charge is 0.368 e. The Morgan fingerprint density at radius 1 is 1.43 bits per heavy atom. The molecule has 1 aliphatic heterocycles. The van der Waals surface area contributed by atoms with E-state index in [1.165, 1.54) is 18.5 Å². The predicted molar refractivity (Wildman–Crippen MR) is 63.1 cm³/mol. The minimum atomic E-state index is 0.515. The zero-order chi connectivity index (χ0) is 10.7. The van der Waals surface area contributed by atoms with Gasteiger partial charge in [-0.2, -0.15) is 0 Å². The molecular weight excluding hydrogens is 170 g/mol. The van der Waals surface area contributed by atoms with Crippen LogP contribution in [0.15, 0.2) is 24.9 Å². The number of allylic oxidation sites excluding steroid dienone is 1. The van der Waals surface area contributed by atoms with Gasteiger partial charge >= 0.3 is 0 Å². The van der Waals surface area contributed by atoms with Crippen LogP contribution in [0.1, 0.15) is 33.6 Å². The SMILES string of the molecule is C=CC1CC[C@H](C)CN1C(=C)C(C)C. The third kappa shape index (κ3) is 2.40. The molecule has 1 nitrogen and oxygen atoms in total. The Kier molecular flexibility index (Phi) is 3.79. The summed E-state index contributed by atoms with van der Waals surface area (Å²) in [6.45, 7) is 16.0. The first-order valence-corrected chi connectivity index (χ1v) is 5.64. The molecule has 0 amide bonds. The van der Waals surface area contributed by atoms with E-state index < -0.39 is 0 Å². The van der Waals surface area contributed by atoms with Gasteiger partial charge in [-0.1, -0.05) is 33.4 Å². The molecule has 0 aromatic heterocycles. The van der Waals surface area contributed by atoms with Gasteiger partial charge in [0.05, 0.1) is 0 Å². The van der Waals surface area contributed by atoms with E-state index in [2.05, 4.69) is 44.9 Å². The fourth-order valence-electron chi connectivity index (χ4n) is 2.08. The van der Waals surface area contributed by atoms with E-state index in [9.17, 15) is 0 Å². The van der Waals surface area contributed by atoms with E-state index in [0.29, 0.717) is 12.0 Å². The van der Waals surface area contributed by atoms with E-state index in [0.717, 1.165) is 12.5 Å². The molecule has 2 atom stereocenters. The second kappa shape index (κ2) is 4.68. The first-order valence-electron chi connectivity index (χ1n) is 5.64. The number of hydrogen-bond donors (Lipinski definition) is 0. The van der Waals surface area contributed by atoms with Crippen molar-refractivity contribution in [1.82, 2.24) is 4.90 Å². The molecule has 14 heavy (non-hydrogen) atoms. The predicted octanol–water partition coefficient (Wildman–Crippen LogP) is 3.44. The van der Waals surface area contributed by atoms with Crippen molar-refractivity contribution in [3.05, 3.63) is 24.9 Å². The van der Waals surface area contributed by atoms with Gasteiger partial charge in [0.15, 0.2) is 0 Å². The quantitative estimate of drug-likeness (QED) is 0.621. The maximum atomic E-state index is 4.19. The summed E-state index contributed by atoms with van der Waals surface area (Å²) in [6.07, 6.45) is 4.62. The van der Waals surface area contributed by atoms with E-state index in [4.69, 9.17) is 0 Å². The normalized spacial score (nSPS) is 27.9. The average molecular weight is 193 g/mol. The fraction of sp³-hybridized carbons (Fsp3) is 0.692. The maximum Gasteiger partial charge on any atom is 0.0467 e. The van der Waals surface area contributed by atoms with E-state index in [-0.39, 0.29) is 0 Å². The van der Waals surface area contributed by atoms with E-state index in [1.54, 1.807) is 0 Å². The topological polar surface area (TPSA) is 3.24 Å². The summed E-state index contributed by atoms with van der Waals surface area (Å²) in [7, 11) is 0. The minimum absolute atomic E-state index is 0.515. The Morgan fingerprint density at radius 3 is 2.57 bits per heavy atom. The van der Waals surface area contributed by atoms with Gasteiger partial charge < -0.3 is 4.90 Å². The van der Waals surface area contributed by atoms with Crippen molar-refractivity contribution in [3.8, 4) is 0 Å². The highest BCUT2D eigenvalue weighted by Crippen LogP contribution is 2.27. The van der Waals surface area contributed by atoms with Crippen molar-refractivity contribution in [1.29, 1.82) is 0 Å². The highest BCUT2D eigenvalue weighted by molar-refractivity contribution is 5.06. The third-order valence-corrected chi connectivity index (χ3v) is 3.17. The zero-order valence-electron chi connectivity index (χ0n) is 9.79. The molecule has 0 bridgehead atoms. The number of likely N-dealkylation sites (tertiary alicyclic amines) is 1. The molecule has 0 spiro atoms. The van der Waals surface area contributed by atoms with Crippen molar-refractivity contribution in [2.45, 2.75) is 39.7 Å². The van der Waals surface area contributed by atoms with Gasteiger partial charge in [-0.3, -0.25) is 0 Å². The molecule has 0 N–H and O–H groups in total. The van der Waals surface area contributed by atoms with E-state index >= 15 is 0 Å². The summed E-state index contributed by atoms with van der Waals surface area (Å²) in [5, 5.41) is 0. The Morgan fingerprint density at radius 2 is 2.07 bits per heavy atom. The van der Waals surface area contributed by atoms with Gasteiger partial charge in [-0.05, 0) is 24.7 Å². The van der Waals surface area contributed by atoms with Crippen molar-refractivity contribution in [3.63, 3.8) is 0 Å². The van der Waals surface area contributed by atoms with Crippen LogP contribution >= 0.6 is 0 Å². The van der Waals surface area contributed by atoms with Crippen LogP contribution in [0.3, 0.4) is 0 Å². The molecular formula is C13H23N. The third-order valence-electron chi connectivity index (χ3n) is 3.17. The van der Waals surface area contributed by atoms with Crippen LogP contribution in [0.5, 0.6) is 0 Å². The molecule has 0 saturated carbocycles. The minimum Gasteiger partial charge on any atom is -0.368 e. The molecule has 0 radical (unpaired) electrons. The lowest BCUT2D eigenvalue weighted by atomic mass is 9.92. The first-order chi connectivity index (χ1) is 6.56. The van der Waals surface area contributed by atoms with Crippen LogP contribution in [-0.2, 0) is 0 Å². The molecule has 1 fully saturated rings. The van der Waals surface area contributed by atoms with Crippen LogP contribution in [0, 0.1) is 11.8 Å². The monoisotopic (exact) mass is 193 g/mol. The summed E-state index contributed by atoms with van der Waals surface area (Å²) >= 11 is 0. The second-order valence-corrected chi connectivity index (χ2v) is 4.78. The van der Waals surface area contributed by atoms with Gasteiger partial charge in [-0.25, -0.2) is 0 Å². The van der Waals surface area contributed by atoms with Crippen molar-refractivity contribution in [2.75, 3.05) is 6.54 Å². The molecule has 0 aliphatic carbocycles. The molecule has 0 aromatic carbocycles. The Bertz CT molecular complexity index is 217. The lowest BCUT2D eigenvalue weighted by Gasteiger charge is -2.41. The van der Waals surface area contributed by atoms with Gasteiger partial charge in [0, 0.05) is 18.3 Å². The second-order valence-electron chi connectivity index (χ2n) is 4.78. The number of rotatable bonds is 3. The molecule has 1 heterocycles. The summed E-state index contributed by atoms with van der Waals surface area (Å²) in [5.41, 5.74) is 1.27. The van der Waals surface area contributed by atoms with Crippen LogP contribution in [-0.4, -0.2) is 17.5 Å². The molecule has 1 saturated heterocycles. The van der Waals surface area contributed by atoms with Crippen LogP contribution in [0.2, 0.25) is 0 Å².